The number of ether oxygens (including phenoxy) is 1. The minimum Gasteiger partial charge on any atom is -0.376 e. The van der Waals surface area contributed by atoms with Gasteiger partial charge in [0.05, 0.1) is 13.2 Å². The third-order valence-electron chi connectivity index (χ3n) is 4.75. The summed E-state index contributed by atoms with van der Waals surface area (Å²) >= 11 is 0. The first-order valence-corrected chi connectivity index (χ1v) is 10.4. The van der Waals surface area contributed by atoms with Crippen LogP contribution >= 0.6 is 24.0 Å². The summed E-state index contributed by atoms with van der Waals surface area (Å²) < 4.78 is 5.82. The van der Waals surface area contributed by atoms with Crippen LogP contribution in [0.5, 0.6) is 0 Å². The molecule has 2 N–H and O–H groups in total. The highest BCUT2D eigenvalue weighted by Gasteiger charge is 2.27. The van der Waals surface area contributed by atoms with Crippen LogP contribution < -0.4 is 10.6 Å². The van der Waals surface area contributed by atoms with Gasteiger partial charge in [0.1, 0.15) is 0 Å². The summed E-state index contributed by atoms with van der Waals surface area (Å²) in [4.78, 5) is 18.8. The minimum absolute atomic E-state index is 0. The molecule has 0 bridgehead atoms. The number of nitrogens with one attached hydrogen (secondary N) is 2. The van der Waals surface area contributed by atoms with Crippen LogP contribution in [0.2, 0.25) is 0 Å². The van der Waals surface area contributed by atoms with Crippen molar-refractivity contribution in [3.8, 4) is 0 Å². The Bertz CT molecular complexity index is 624. The van der Waals surface area contributed by atoms with Gasteiger partial charge in [-0.15, -0.1) is 24.0 Å². The topological polar surface area (TPSA) is 66.0 Å². The van der Waals surface area contributed by atoms with Gasteiger partial charge in [-0.1, -0.05) is 51.1 Å². The number of nitrogens with zero attached hydrogens (tertiary/aromatic N) is 2. The fraction of sp³-hybridized carbons (Fsp3) is 0.636. The second kappa shape index (κ2) is 13.8. The van der Waals surface area contributed by atoms with Crippen molar-refractivity contribution in [3.05, 3.63) is 35.9 Å². The number of carbonyl (C=O) groups excluding carboxylic acids is 1. The van der Waals surface area contributed by atoms with Crippen LogP contribution in [0.1, 0.15) is 39.7 Å². The molecule has 1 aliphatic rings. The molecular formula is C22H37IN4O2. The number of likely N-dealkylation sites (tertiary alicyclic amines) is 1. The molecule has 1 fully saturated rings. The second-order valence-electron chi connectivity index (χ2n) is 7.89. The van der Waals surface area contributed by atoms with Gasteiger partial charge in [0.15, 0.2) is 5.96 Å². The average Bonchev–Trinajstić information content (AvgIpc) is 3.15. The fourth-order valence-corrected chi connectivity index (χ4v) is 3.21. The molecule has 1 aliphatic heterocycles. The Labute approximate surface area is 192 Å². The smallest absolute Gasteiger partial charge is 0.225 e. The Morgan fingerprint density at radius 3 is 2.66 bits per heavy atom. The molecule has 2 atom stereocenters. The first kappa shape index (κ1) is 25.7. The number of hydrogen-bond acceptors (Lipinski definition) is 3. The predicted molar refractivity (Wildman–Crippen MR) is 130 cm³/mol. The van der Waals surface area contributed by atoms with Crippen LogP contribution in [-0.2, 0) is 16.1 Å². The molecule has 0 aromatic heterocycles. The van der Waals surface area contributed by atoms with Gasteiger partial charge in [-0.3, -0.25) is 9.79 Å². The first-order valence-electron chi connectivity index (χ1n) is 10.4. The quantitative estimate of drug-likeness (QED) is 0.301. The van der Waals surface area contributed by atoms with E-state index in [0.717, 1.165) is 32.0 Å². The average molecular weight is 516 g/mol. The number of guanidine groups is 1. The van der Waals surface area contributed by atoms with Crippen molar-refractivity contribution >= 4 is 35.8 Å². The van der Waals surface area contributed by atoms with Gasteiger partial charge in [-0.2, -0.15) is 0 Å². The Hall–Kier alpha value is -1.35. The largest absolute Gasteiger partial charge is 0.376 e. The molecule has 0 spiro atoms. The number of amides is 1. The molecule has 1 amide bonds. The Morgan fingerprint density at radius 2 is 2.00 bits per heavy atom. The predicted octanol–water partition coefficient (Wildman–Crippen LogP) is 3.27. The van der Waals surface area contributed by atoms with Crippen LogP contribution in [-0.4, -0.2) is 55.6 Å². The van der Waals surface area contributed by atoms with E-state index in [1.165, 1.54) is 5.56 Å². The highest BCUT2D eigenvalue weighted by atomic mass is 127. The number of benzene rings is 1. The van der Waals surface area contributed by atoms with Crippen molar-refractivity contribution in [2.75, 3.05) is 32.8 Å². The number of aliphatic imine (C=N–C) groups is 1. The van der Waals surface area contributed by atoms with Crippen LogP contribution in [0.3, 0.4) is 0 Å². The maximum Gasteiger partial charge on any atom is 0.225 e. The molecule has 7 heteroatoms. The summed E-state index contributed by atoms with van der Waals surface area (Å²) in [6.45, 7) is 12.5. The number of halogens is 1. The van der Waals surface area contributed by atoms with Gasteiger partial charge in [-0.05, 0) is 24.8 Å². The number of hydrogen-bond donors (Lipinski definition) is 2. The van der Waals surface area contributed by atoms with E-state index in [2.05, 4.69) is 36.6 Å². The summed E-state index contributed by atoms with van der Waals surface area (Å²) in [7, 11) is 0. The van der Waals surface area contributed by atoms with Crippen molar-refractivity contribution in [1.29, 1.82) is 0 Å². The van der Waals surface area contributed by atoms with E-state index < -0.39 is 0 Å². The number of rotatable bonds is 9. The van der Waals surface area contributed by atoms with Crippen molar-refractivity contribution < 1.29 is 9.53 Å². The fourth-order valence-electron chi connectivity index (χ4n) is 3.21. The highest BCUT2D eigenvalue weighted by Crippen LogP contribution is 2.12. The van der Waals surface area contributed by atoms with Crippen molar-refractivity contribution in [3.63, 3.8) is 0 Å². The molecule has 29 heavy (non-hydrogen) atoms. The molecule has 0 aliphatic carbocycles. The lowest BCUT2D eigenvalue weighted by atomic mass is 10.2. The lowest BCUT2D eigenvalue weighted by molar-refractivity contribution is -0.133. The van der Waals surface area contributed by atoms with Gasteiger partial charge >= 0.3 is 0 Å². The molecule has 164 valence electrons. The molecular weight excluding hydrogens is 479 g/mol. The van der Waals surface area contributed by atoms with E-state index >= 15 is 0 Å². The van der Waals surface area contributed by atoms with Crippen LogP contribution in [0, 0.1) is 11.8 Å². The van der Waals surface area contributed by atoms with Gasteiger partial charge in [0.2, 0.25) is 5.91 Å². The van der Waals surface area contributed by atoms with E-state index in [1.807, 2.05) is 36.9 Å². The molecule has 1 aromatic carbocycles. The number of carbonyl (C=O) groups is 1. The maximum atomic E-state index is 12.2. The Morgan fingerprint density at radius 1 is 1.28 bits per heavy atom. The molecule has 0 saturated carbocycles. The van der Waals surface area contributed by atoms with E-state index in [0.29, 0.717) is 25.7 Å². The third kappa shape index (κ3) is 9.33. The standard InChI is InChI=1S/C22H36N4O2.HI/c1-5-23-22(25-20-11-12-26(14-20)21(27)17(2)3)24-13-18(4)15-28-16-19-9-7-6-8-10-19;/h6-10,17-18,20H,5,11-16H2,1-4H3,(H2,23,24,25);1H. The summed E-state index contributed by atoms with van der Waals surface area (Å²) in [6, 6.07) is 10.5. The van der Waals surface area contributed by atoms with E-state index in [-0.39, 0.29) is 41.8 Å². The lowest BCUT2D eigenvalue weighted by Crippen LogP contribution is -2.45. The van der Waals surface area contributed by atoms with Gasteiger partial charge in [0.25, 0.3) is 0 Å². The van der Waals surface area contributed by atoms with Gasteiger partial charge in [0, 0.05) is 38.1 Å². The zero-order valence-corrected chi connectivity index (χ0v) is 20.5. The van der Waals surface area contributed by atoms with Crippen molar-refractivity contribution in [1.82, 2.24) is 15.5 Å². The third-order valence-corrected chi connectivity index (χ3v) is 4.75. The SMILES string of the molecule is CCNC(=NCC(C)COCc1ccccc1)NC1CCN(C(=O)C(C)C)C1.I. The first-order chi connectivity index (χ1) is 13.5. The van der Waals surface area contributed by atoms with E-state index in [1.54, 1.807) is 0 Å². The summed E-state index contributed by atoms with van der Waals surface area (Å²) in [6.07, 6.45) is 0.957. The summed E-state index contributed by atoms with van der Waals surface area (Å²) in [5.74, 6) is 1.44. The molecule has 6 nitrogen and oxygen atoms in total. The van der Waals surface area contributed by atoms with Crippen LogP contribution in [0.4, 0.5) is 0 Å². The Kier molecular flexibility index (Phi) is 12.2. The summed E-state index contributed by atoms with van der Waals surface area (Å²) in [5, 5.41) is 6.79. The van der Waals surface area contributed by atoms with E-state index in [4.69, 9.17) is 9.73 Å². The second-order valence-corrected chi connectivity index (χ2v) is 7.89. The van der Waals surface area contributed by atoms with Crippen molar-refractivity contribution in [2.24, 2.45) is 16.8 Å². The molecule has 1 aromatic rings. The van der Waals surface area contributed by atoms with Gasteiger partial charge < -0.3 is 20.3 Å². The van der Waals surface area contributed by atoms with Crippen LogP contribution in [0.15, 0.2) is 35.3 Å². The molecule has 1 saturated heterocycles. The zero-order chi connectivity index (χ0) is 20.4. The minimum atomic E-state index is 0. The van der Waals surface area contributed by atoms with Crippen LogP contribution in [0.25, 0.3) is 0 Å². The molecule has 0 radical (unpaired) electrons. The molecule has 2 unspecified atom stereocenters. The maximum absolute atomic E-state index is 12.2. The summed E-state index contributed by atoms with van der Waals surface area (Å²) in [5.41, 5.74) is 1.19. The van der Waals surface area contributed by atoms with E-state index in [9.17, 15) is 4.79 Å². The monoisotopic (exact) mass is 516 g/mol. The zero-order valence-electron chi connectivity index (χ0n) is 18.2. The highest BCUT2D eigenvalue weighted by molar-refractivity contribution is 14.0. The van der Waals surface area contributed by atoms with Crippen molar-refractivity contribution in [2.45, 2.75) is 46.8 Å². The lowest BCUT2D eigenvalue weighted by Gasteiger charge is -2.20. The van der Waals surface area contributed by atoms with Gasteiger partial charge in [-0.25, -0.2) is 0 Å². The normalized spacial score (nSPS) is 17.8. The Balaban J connectivity index is 0.00000420. The molecule has 1 heterocycles. The molecule has 2 rings (SSSR count).